The van der Waals surface area contributed by atoms with Crippen LogP contribution in [0.15, 0.2) is 18.2 Å². The van der Waals surface area contributed by atoms with E-state index < -0.39 is 16.7 Å². The van der Waals surface area contributed by atoms with Gasteiger partial charge in [0.25, 0.3) is 17.5 Å². The molecule has 1 heterocycles. The Morgan fingerprint density at radius 2 is 1.63 bits per heavy atom. The lowest BCUT2D eigenvalue weighted by atomic mass is 10.1. The molecule has 0 saturated heterocycles. The highest BCUT2D eigenvalue weighted by molar-refractivity contribution is 7.80. The first-order valence-electron chi connectivity index (χ1n) is 10.5. The van der Waals surface area contributed by atoms with Crippen molar-refractivity contribution in [1.29, 1.82) is 0 Å². The molecule has 1 N–H and O–H groups in total. The molecule has 1 aromatic rings. The molecule has 0 radical (unpaired) electrons. The molecular weight excluding hydrogens is 406 g/mol. The van der Waals surface area contributed by atoms with Crippen molar-refractivity contribution in [2.45, 2.75) is 57.8 Å². The van der Waals surface area contributed by atoms with E-state index in [1.807, 2.05) is 0 Å². The third-order valence-corrected chi connectivity index (χ3v) is 5.37. The predicted octanol–water partition coefficient (Wildman–Crippen LogP) is 3.75. The number of thiol groups is 1. The summed E-state index contributed by atoms with van der Waals surface area (Å²) >= 11 is 4.05. The molecule has 164 valence electrons. The fraction of sp³-hybridized carbons (Fsp3) is 0.571. The fourth-order valence-electron chi connectivity index (χ4n) is 3.57. The second-order valence-electron chi connectivity index (χ2n) is 7.37. The van der Waals surface area contributed by atoms with Gasteiger partial charge in [0.05, 0.1) is 10.5 Å². The van der Waals surface area contributed by atoms with E-state index in [2.05, 4.69) is 17.9 Å². The van der Waals surface area contributed by atoms with Crippen LogP contribution in [-0.4, -0.2) is 46.4 Å². The second kappa shape index (κ2) is 12.3. The summed E-state index contributed by atoms with van der Waals surface area (Å²) in [7, 11) is 0. The molecule has 0 fully saturated rings. The Labute approximate surface area is 182 Å². The van der Waals surface area contributed by atoms with E-state index in [0.717, 1.165) is 49.8 Å². The van der Waals surface area contributed by atoms with Gasteiger partial charge in [0.15, 0.2) is 0 Å². The summed E-state index contributed by atoms with van der Waals surface area (Å²) < 4.78 is 0. The lowest BCUT2D eigenvalue weighted by molar-refractivity contribution is -0.385. The Balaban J connectivity index is 1.59. The Morgan fingerprint density at radius 3 is 2.27 bits per heavy atom. The van der Waals surface area contributed by atoms with Crippen LogP contribution in [-0.2, 0) is 4.79 Å². The van der Waals surface area contributed by atoms with E-state index in [1.165, 1.54) is 18.2 Å². The minimum atomic E-state index is -0.623. The van der Waals surface area contributed by atoms with Crippen LogP contribution < -0.4 is 5.32 Å². The van der Waals surface area contributed by atoms with Gasteiger partial charge in [0.2, 0.25) is 5.91 Å². The lowest BCUT2D eigenvalue weighted by Crippen LogP contribution is -2.30. The molecule has 30 heavy (non-hydrogen) atoms. The zero-order valence-electron chi connectivity index (χ0n) is 17.1. The number of hydrogen-bond donors (Lipinski definition) is 2. The first-order chi connectivity index (χ1) is 14.5. The highest BCUT2D eigenvalue weighted by Crippen LogP contribution is 2.30. The number of benzene rings is 1. The molecule has 9 heteroatoms. The number of unbranched alkanes of at least 4 members (excludes halogenated alkanes) is 7. The molecule has 0 aromatic heterocycles. The van der Waals surface area contributed by atoms with Gasteiger partial charge in [-0.05, 0) is 18.9 Å². The molecule has 0 spiro atoms. The summed E-state index contributed by atoms with van der Waals surface area (Å²) in [5.74, 6) is -0.279. The van der Waals surface area contributed by atoms with Crippen molar-refractivity contribution in [3.8, 4) is 0 Å². The molecule has 0 aliphatic carbocycles. The Morgan fingerprint density at radius 1 is 1.00 bits per heavy atom. The zero-order chi connectivity index (χ0) is 21.9. The van der Waals surface area contributed by atoms with Gasteiger partial charge in [-0.3, -0.25) is 29.4 Å². The number of nitrogens with one attached hydrogen (secondary N) is 1. The highest BCUT2D eigenvalue weighted by Gasteiger charge is 2.40. The molecule has 3 amide bonds. The van der Waals surface area contributed by atoms with Crippen molar-refractivity contribution in [2.24, 2.45) is 0 Å². The van der Waals surface area contributed by atoms with E-state index in [-0.39, 0.29) is 29.3 Å². The summed E-state index contributed by atoms with van der Waals surface area (Å²) in [6.45, 7) is 0.893. The number of carbonyl (C=O) groups is 3. The van der Waals surface area contributed by atoms with E-state index >= 15 is 0 Å². The summed E-state index contributed by atoms with van der Waals surface area (Å²) in [5, 5.41) is 13.9. The molecule has 8 nitrogen and oxygen atoms in total. The van der Waals surface area contributed by atoms with E-state index in [1.54, 1.807) is 0 Å². The van der Waals surface area contributed by atoms with Gasteiger partial charge in [0.1, 0.15) is 5.56 Å². The Hall–Kier alpha value is -2.42. The summed E-state index contributed by atoms with van der Waals surface area (Å²) in [4.78, 5) is 48.0. The maximum atomic E-state index is 12.5. The van der Waals surface area contributed by atoms with E-state index in [9.17, 15) is 24.5 Å². The molecule has 0 unspecified atom stereocenters. The van der Waals surface area contributed by atoms with Crippen LogP contribution in [0.4, 0.5) is 5.69 Å². The molecule has 1 aromatic carbocycles. The Kier molecular flexibility index (Phi) is 9.79. The van der Waals surface area contributed by atoms with Crippen molar-refractivity contribution in [3.05, 3.63) is 39.4 Å². The van der Waals surface area contributed by atoms with Gasteiger partial charge >= 0.3 is 0 Å². The first kappa shape index (κ1) is 23.9. The van der Waals surface area contributed by atoms with Crippen molar-refractivity contribution in [3.63, 3.8) is 0 Å². The first-order valence-corrected chi connectivity index (χ1v) is 11.1. The standard InChI is InChI=1S/C21H29N3O5S/c25-18(22-13-15-30)12-7-5-3-1-2-4-6-8-14-23-20(26)16-10-9-11-17(24(28)29)19(16)21(23)27/h9-11,30H,1-8,12-15H2,(H,22,25). The third-order valence-electron chi connectivity index (χ3n) is 5.14. The molecule has 1 aliphatic rings. The fourth-order valence-corrected chi connectivity index (χ4v) is 3.68. The van der Waals surface area contributed by atoms with Gasteiger partial charge in [-0.1, -0.05) is 44.6 Å². The van der Waals surface area contributed by atoms with Crippen molar-refractivity contribution in [1.82, 2.24) is 10.2 Å². The van der Waals surface area contributed by atoms with Gasteiger partial charge in [-0.2, -0.15) is 12.6 Å². The number of imide groups is 1. The number of fused-ring (bicyclic) bond motifs is 1. The minimum absolute atomic E-state index is 0.0857. The van der Waals surface area contributed by atoms with Gasteiger partial charge < -0.3 is 5.32 Å². The van der Waals surface area contributed by atoms with Crippen LogP contribution in [0.1, 0.15) is 78.5 Å². The number of rotatable bonds is 14. The van der Waals surface area contributed by atoms with Crippen molar-refractivity contribution in [2.75, 3.05) is 18.8 Å². The molecular formula is C21H29N3O5S. The van der Waals surface area contributed by atoms with E-state index in [4.69, 9.17) is 0 Å². The predicted molar refractivity (Wildman–Crippen MR) is 117 cm³/mol. The quantitative estimate of drug-likeness (QED) is 0.152. The average Bonchev–Trinajstić information content (AvgIpc) is 2.98. The van der Waals surface area contributed by atoms with Crippen molar-refractivity contribution >= 4 is 36.0 Å². The van der Waals surface area contributed by atoms with Crippen LogP contribution in [0.5, 0.6) is 0 Å². The minimum Gasteiger partial charge on any atom is -0.355 e. The largest absolute Gasteiger partial charge is 0.355 e. The van der Waals surface area contributed by atoms with Gasteiger partial charge in [-0.25, -0.2) is 0 Å². The summed E-state index contributed by atoms with van der Waals surface area (Å²) in [6, 6.07) is 4.15. The lowest BCUT2D eigenvalue weighted by Gasteiger charge is -2.13. The van der Waals surface area contributed by atoms with Crippen LogP contribution in [0.3, 0.4) is 0 Å². The second-order valence-corrected chi connectivity index (χ2v) is 7.82. The summed E-state index contributed by atoms with van der Waals surface area (Å²) in [5.41, 5.74) is -0.284. The maximum absolute atomic E-state index is 12.5. The number of amides is 3. The summed E-state index contributed by atoms with van der Waals surface area (Å²) in [6.07, 6.45) is 8.31. The van der Waals surface area contributed by atoms with Crippen molar-refractivity contribution < 1.29 is 19.3 Å². The number of nitrogens with zero attached hydrogens (tertiary/aromatic N) is 2. The normalized spacial score (nSPS) is 12.9. The smallest absolute Gasteiger partial charge is 0.282 e. The van der Waals surface area contributed by atoms with Crippen LogP contribution in [0.2, 0.25) is 0 Å². The van der Waals surface area contributed by atoms with E-state index in [0.29, 0.717) is 25.1 Å². The Bertz CT molecular complexity index is 784. The maximum Gasteiger partial charge on any atom is 0.282 e. The molecule has 0 bridgehead atoms. The van der Waals surface area contributed by atoms with Gasteiger partial charge in [-0.15, -0.1) is 0 Å². The monoisotopic (exact) mass is 435 g/mol. The highest BCUT2D eigenvalue weighted by atomic mass is 32.1. The molecule has 0 saturated carbocycles. The number of nitro benzene ring substituents is 1. The number of nitro groups is 1. The van der Waals surface area contributed by atoms with Crippen LogP contribution >= 0.6 is 12.6 Å². The molecule has 1 aliphatic heterocycles. The average molecular weight is 436 g/mol. The number of carbonyl (C=O) groups excluding carboxylic acids is 3. The van der Waals surface area contributed by atoms with Gasteiger partial charge in [0, 0.05) is 31.3 Å². The topological polar surface area (TPSA) is 110 Å². The number of hydrogen-bond acceptors (Lipinski definition) is 6. The molecule has 0 atom stereocenters. The zero-order valence-corrected chi connectivity index (χ0v) is 18.0. The molecule has 2 rings (SSSR count). The SMILES string of the molecule is O=C(CCCCCCCCCCN1C(=O)c2cccc([N+](=O)[O-])c2C1=O)NCCS. The third kappa shape index (κ3) is 6.55. The van der Waals surface area contributed by atoms with Crippen LogP contribution in [0.25, 0.3) is 0 Å². The van der Waals surface area contributed by atoms with Crippen LogP contribution in [0, 0.1) is 10.1 Å².